The lowest BCUT2D eigenvalue weighted by Gasteiger charge is -2.30. The molecule has 0 aliphatic carbocycles. The van der Waals surface area contributed by atoms with Crippen LogP contribution in [-0.2, 0) is 27.9 Å². The molecule has 76 heavy (non-hydrogen) atoms. The molecule has 438 valence electrons. The van der Waals surface area contributed by atoms with E-state index in [-0.39, 0.29) is 24.9 Å². The molecule has 0 heterocycles. The predicted molar refractivity (Wildman–Crippen MR) is 325 cm³/mol. The molecule has 0 bridgehead atoms. The van der Waals surface area contributed by atoms with Gasteiger partial charge >= 0.3 is 5.97 Å². The van der Waals surface area contributed by atoms with E-state index in [0.29, 0.717) is 23.9 Å². The Labute approximate surface area is 468 Å². The number of esters is 1. The summed E-state index contributed by atoms with van der Waals surface area (Å²) < 4.78 is 30.3. The van der Waals surface area contributed by atoms with E-state index in [9.17, 15) is 19.0 Å². The highest BCUT2D eigenvalue weighted by Crippen LogP contribution is 2.38. The van der Waals surface area contributed by atoms with Crippen molar-refractivity contribution in [2.24, 2.45) is 0 Å². The number of carbonyl (C=O) groups is 2. The number of quaternary nitrogens is 1. The molecule has 3 atom stereocenters. The second-order valence-corrected chi connectivity index (χ2v) is 23.2. The van der Waals surface area contributed by atoms with Crippen molar-refractivity contribution in [2.75, 3.05) is 40.9 Å². The Hall–Kier alpha value is -3.07. The Bertz CT molecular complexity index is 1620. The van der Waals surface area contributed by atoms with Gasteiger partial charge in [-0.3, -0.25) is 14.2 Å². The van der Waals surface area contributed by atoms with Crippen LogP contribution in [0, 0.1) is 0 Å². The first-order chi connectivity index (χ1) is 36.9. The van der Waals surface area contributed by atoms with Gasteiger partial charge in [-0.2, -0.15) is 0 Å². The average molecular weight is 1080 g/mol. The first-order valence-electron chi connectivity index (χ1n) is 31.0. The van der Waals surface area contributed by atoms with Crippen LogP contribution in [0.1, 0.15) is 258 Å². The smallest absolute Gasteiger partial charge is 0.306 e. The first-order valence-corrected chi connectivity index (χ1v) is 32.5. The molecule has 0 saturated heterocycles. The third-order valence-corrected chi connectivity index (χ3v) is 14.2. The van der Waals surface area contributed by atoms with Gasteiger partial charge in [0.05, 0.1) is 33.8 Å². The molecular formula is C66H117N2O7P. The molecule has 0 aromatic rings. The van der Waals surface area contributed by atoms with Crippen LogP contribution in [0.3, 0.4) is 0 Å². The summed E-state index contributed by atoms with van der Waals surface area (Å²) in [5.74, 6) is -0.586. The number of amides is 1. The number of likely N-dealkylation sites (N-methyl/N-ethyl adjacent to an activating group) is 1. The average Bonchev–Trinajstić information content (AvgIpc) is 3.38. The maximum atomic E-state index is 13.5. The van der Waals surface area contributed by atoms with Gasteiger partial charge in [0.15, 0.2) is 0 Å². The van der Waals surface area contributed by atoms with E-state index in [4.69, 9.17) is 13.8 Å². The number of allylic oxidation sites excluding steroid dienone is 15. The molecule has 0 aliphatic heterocycles. The van der Waals surface area contributed by atoms with Crippen molar-refractivity contribution in [3.05, 3.63) is 97.2 Å². The summed E-state index contributed by atoms with van der Waals surface area (Å²) in [7, 11) is 1.15. The lowest BCUT2D eigenvalue weighted by atomic mass is 10.0. The zero-order valence-corrected chi connectivity index (χ0v) is 50.8. The molecule has 10 heteroatoms. The molecule has 0 fully saturated rings. The minimum atomic E-state index is -4.71. The van der Waals surface area contributed by atoms with Crippen LogP contribution in [-0.4, -0.2) is 69.4 Å². The van der Waals surface area contributed by atoms with Gasteiger partial charge in [-0.05, 0) is 109 Å². The highest BCUT2D eigenvalue weighted by Gasteiger charge is 2.27. The molecular weight excluding hydrogens is 964 g/mol. The van der Waals surface area contributed by atoms with E-state index in [1.165, 1.54) is 109 Å². The fourth-order valence-electron chi connectivity index (χ4n) is 8.46. The predicted octanol–water partition coefficient (Wildman–Crippen LogP) is 18.5. The maximum Gasteiger partial charge on any atom is 0.306 e. The van der Waals surface area contributed by atoms with Gasteiger partial charge in [0.2, 0.25) is 5.91 Å². The van der Waals surface area contributed by atoms with Gasteiger partial charge in [0.25, 0.3) is 7.82 Å². The Morgan fingerprint density at radius 1 is 0.474 bits per heavy atom. The molecule has 0 radical (unpaired) electrons. The van der Waals surface area contributed by atoms with Crippen LogP contribution in [0.2, 0.25) is 0 Å². The summed E-state index contributed by atoms with van der Waals surface area (Å²) in [6, 6.07) is -0.910. The third-order valence-electron chi connectivity index (χ3n) is 13.2. The molecule has 0 aliphatic rings. The van der Waals surface area contributed by atoms with Crippen LogP contribution >= 0.6 is 7.82 Å². The van der Waals surface area contributed by atoms with Crippen LogP contribution in [0.4, 0.5) is 0 Å². The Kier molecular flexibility index (Phi) is 53.0. The van der Waals surface area contributed by atoms with E-state index < -0.39 is 26.6 Å². The second-order valence-electron chi connectivity index (χ2n) is 21.8. The number of hydrogen-bond donors (Lipinski definition) is 1. The van der Waals surface area contributed by atoms with Crippen molar-refractivity contribution in [2.45, 2.75) is 270 Å². The number of hydrogen-bond acceptors (Lipinski definition) is 7. The van der Waals surface area contributed by atoms with Gasteiger partial charge in [0.1, 0.15) is 19.3 Å². The van der Waals surface area contributed by atoms with Crippen LogP contribution in [0.25, 0.3) is 0 Å². The number of ether oxygens (including phenoxy) is 1. The van der Waals surface area contributed by atoms with Gasteiger partial charge in [-0.15, -0.1) is 0 Å². The normalized spacial score (nSPS) is 14.4. The summed E-state index contributed by atoms with van der Waals surface area (Å²) in [6.45, 7) is 6.67. The molecule has 9 nitrogen and oxygen atoms in total. The van der Waals surface area contributed by atoms with E-state index in [2.05, 4.69) is 111 Å². The number of rotatable bonds is 55. The van der Waals surface area contributed by atoms with Gasteiger partial charge in [-0.1, -0.05) is 234 Å². The number of nitrogens with zero attached hydrogens (tertiary/aromatic N) is 1. The summed E-state index contributed by atoms with van der Waals surface area (Å²) >= 11 is 0. The Morgan fingerprint density at radius 3 is 1.30 bits per heavy atom. The highest BCUT2D eigenvalue weighted by molar-refractivity contribution is 7.45. The molecule has 1 amide bonds. The zero-order valence-electron chi connectivity index (χ0n) is 49.9. The number of carbonyl (C=O) groups excluding carboxylic acids is 2. The number of phosphoric ester groups is 1. The highest BCUT2D eigenvalue weighted by atomic mass is 31.2. The van der Waals surface area contributed by atoms with Crippen LogP contribution in [0.5, 0.6) is 0 Å². The second kappa shape index (κ2) is 55.3. The summed E-state index contributed by atoms with van der Waals surface area (Å²) in [5.41, 5.74) is 0. The lowest BCUT2D eigenvalue weighted by molar-refractivity contribution is -0.870. The number of unbranched alkanes of at least 4 members (excludes halogenated alkanes) is 25. The summed E-state index contributed by atoms with van der Waals surface area (Å²) in [5, 5.41) is 3.02. The van der Waals surface area contributed by atoms with Gasteiger partial charge in [0, 0.05) is 12.8 Å². The molecule has 0 saturated carbocycles. The van der Waals surface area contributed by atoms with E-state index in [0.717, 1.165) is 109 Å². The van der Waals surface area contributed by atoms with Crippen molar-refractivity contribution < 1.29 is 37.3 Å². The standard InChI is InChI=1S/C66H117N2O7P/c1-7-10-13-16-19-22-25-28-30-32-34-36-38-40-43-46-49-52-55-58-65(69)67-63(62-74-76(71,72)73-61-60-68(4,5)6)64(57-54-51-48-45-42-27-24-21-18-15-12-9-3)75-66(70)59-56-53-50-47-44-41-39-37-35-33-31-29-26-23-20-17-14-11-8-2/h11,14,19-20,22-23,28-31,35,37,41,44,54,57,63-64H,7-10,12-13,15-18,21,24-27,32-34,36,38-40,42-43,45-53,55-56,58-62H2,1-6H3,(H-,67,69,71,72)/b14-11-,22-19-,23-20-,30-28-,31-29-,37-35-,44-41-,57-54+. The fraction of sp³-hybridized carbons (Fsp3) is 0.727. The van der Waals surface area contributed by atoms with E-state index in [1.807, 2.05) is 33.3 Å². The quantitative estimate of drug-likeness (QED) is 0.0212. The largest absolute Gasteiger partial charge is 0.756 e. The van der Waals surface area contributed by atoms with Crippen molar-refractivity contribution in [1.29, 1.82) is 0 Å². The number of phosphoric acid groups is 1. The topological polar surface area (TPSA) is 114 Å². The SMILES string of the molecule is CC/C=C\C/C=C\C/C=C\C/C=C\C/C=C\CCCCCC(=O)OC(/C=C/CCCCCCCCCCCC)C(COP(=O)([O-])OCC[N+](C)(C)C)NC(=O)CCCCCCCCCCC/C=C\C/C=C\CCCCC. The van der Waals surface area contributed by atoms with Crippen molar-refractivity contribution in [1.82, 2.24) is 5.32 Å². The summed E-state index contributed by atoms with van der Waals surface area (Å²) in [6.07, 6.45) is 73.7. The van der Waals surface area contributed by atoms with E-state index in [1.54, 1.807) is 0 Å². The molecule has 0 aromatic heterocycles. The molecule has 1 N–H and O–H groups in total. The van der Waals surface area contributed by atoms with E-state index >= 15 is 0 Å². The molecule has 3 unspecified atom stereocenters. The fourth-order valence-corrected chi connectivity index (χ4v) is 9.18. The monoisotopic (exact) mass is 1080 g/mol. The Balaban J connectivity index is 5.33. The molecule has 0 rings (SSSR count). The maximum absolute atomic E-state index is 13.5. The zero-order chi connectivity index (χ0) is 55.7. The van der Waals surface area contributed by atoms with Gasteiger partial charge in [-0.25, -0.2) is 0 Å². The molecule has 0 spiro atoms. The third kappa shape index (κ3) is 55.7. The number of nitrogens with one attached hydrogen (secondary N) is 1. The van der Waals surface area contributed by atoms with Crippen LogP contribution in [0.15, 0.2) is 97.2 Å². The lowest BCUT2D eigenvalue weighted by Crippen LogP contribution is -2.47. The first kappa shape index (κ1) is 72.9. The van der Waals surface area contributed by atoms with Crippen LogP contribution < -0.4 is 10.2 Å². The van der Waals surface area contributed by atoms with Gasteiger partial charge < -0.3 is 28.5 Å². The minimum absolute atomic E-state index is 0.0330. The van der Waals surface area contributed by atoms with Crippen molar-refractivity contribution in [3.63, 3.8) is 0 Å². The molecule has 0 aromatic carbocycles. The summed E-state index contributed by atoms with van der Waals surface area (Å²) in [4.78, 5) is 40.0. The Morgan fingerprint density at radius 2 is 0.842 bits per heavy atom. The van der Waals surface area contributed by atoms with Crippen molar-refractivity contribution in [3.8, 4) is 0 Å². The van der Waals surface area contributed by atoms with Crippen molar-refractivity contribution >= 4 is 19.7 Å². The minimum Gasteiger partial charge on any atom is -0.756 e.